The quantitative estimate of drug-likeness (QED) is 0.722. The highest BCUT2D eigenvalue weighted by Crippen LogP contribution is 2.25. The van der Waals surface area contributed by atoms with Crippen LogP contribution in [0, 0.1) is 5.92 Å². The van der Waals surface area contributed by atoms with Crippen LogP contribution >= 0.6 is 0 Å². The molecule has 8 heteroatoms. The summed E-state index contributed by atoms with van der Waals surface area (Å²) in [5, 5.41) is 0. The van der Waals surface area contributed by atoms with Crippen LogP contribution in [-0.4, -0.2) is 85.9 Å². The lowest BCUT2D eigenvalue weighted by atomic mass is 9.94. The van der Waals surface area contributed by atoms with Crippen LogP contribution in [0.1, 0.15) is 49.4 Å². The normalized spacial score (nSPS) is 27.8. The minimum absolute atomic E-state index is 0.0506. The number of anilines is 1. The lowest BCUT2D eigenvalue weighted by Gasteiger charge is -2.40. The van der Waals surface area contributed by atoms with E-state index in [9.17, 15) is 13.2 Å². The van der Waals surface area contributed by atoms with Crippen molar-refractivity contribution in [1.82, 2.24) is 14.8 Å². The van der Waals surface area contributed by atoms with Crippen LogP contribution < -0.4 is 4.90 Å². The standard InChI is InChI=1S/C22H34N4O3S/c1-18-5-2-3-9-25(18)16-19-6-4-10-26(17-19)21-8-7-20(15-23-21)22(27)24-11-13-30(28,29)14-12-24/h7-8,15,18-19H,2-6,9-14,16-17H2,1H3. The molecule has 2 unspecified atom stereocenters. The Morgan fingerprint density at radius 2 is 1.87 bits per heavy atom. The van der Waals surface area contributed by atoms with Gasteiger partial charge >= 0.3 is 0 Å². The monoisotopic (exact) mass is 434 g/mol. The van der Waals surface area contributed by atoms with Gasteiger partial charge in [-0.2, -0.15) is 0 Å². The molecule has 1 aromatic rings. The summed E-state index contributed by atoms with van der Waals surface area (Å²) in [6.07, 6.45) is 8.09. The van der Waals surface area contributed by atoms with Crippen molar-refractivity contribution in [2.24, 2.45) is 5.92 Å². The second-order valence-corrected chi connectivity index (χ2v) is 11.4. The average molecular weight is 435 g/mol. The number of pyridine rings is 1. The van der Waals surface area contributed by atoms with Crippen LogP contribution in [0.25, 0.3) is 0 Å². The third-order valence-electron chi connectivity index (χ3n) is 6.90. The summed E-state index contributed by atoms with van der Waals surface area (Å²) in [6, 6.07) is 4.48. The van der Waals surface area contributed by atoms with Crippen molar-refractivity contribution < 1.29 is 13.2 Å². The van der Waals surface area contributed by atoms with Gasteiger partial charge in [-0.15, -0.1) is 0 Å². The van der Waals surface area contributed by atoms with Gasteiger partial charge in [0.1, 0.15) is 5.82 Å². The number of aromatic nitrogens is 1. The van der Waals surface area contributed by atoms with E-state index in [0.29, 0.717) is 17.5 Å². The Bertz CT molecular complexity index is 828. The second kappa shape index (κ2) is 9.22. The molecule has 0 aliphatic carbocycles. The molecule has 0 N–H and O–H groups in total. The van der Waals surface area contributed by atoms with Crippen molar-refractivity contribution in [1.29, 1.82) is 0 Å². The zero-order valence-corrected chi connectivity index (χ0v) is 18.8. The fraction of sp³-hybridized carbons (Fsp3) is 0.727. The van der Waals surface area contributed by atoms with E-state index in [1.54, 1.807) is 11.1 Å². The van der Waals surface area contributed by atoms with Crippen molar-refractivity contribution in [2.75, 3.05) is 55.7 Å². The molecule has 0 saturated carbocycles. The summed E-state index contributed by atoms with van der Waals surface area (Å²) < 4.78 is 23.2. The smallest absolute Gasteiger partial charge is 0.255 e. The van der Waals surface area contributed by atoms with E-state index in [-0.39, 0.29) is 30.5 Å². The highest BCUT2D eigenvalue weighted by atomic mass is 32.2. The largest absolute Gasteiger partial charge is 0.356 e. The number of likely N-dealkylation sites (tertiary alicyclic amines) is 1. The number of nitrogens with zero attached hydrogens (tertiary/aromatic N) is 4. The summed E-state index contributed by atoms with van der Waals surface area (Å²) in [4.78, 5) is 23.9. The minimum atomic E-state index is -2.99. The third kappa shape index (κ3) is 5.14. The fourth-order valence-electron chi connectivity index (χ4n) is 4.98. The van der Waals surface area contributed by atoms with E-state index in [1.165, 1.54) is 45.2 Å². The van der Waals surface area contributed by atoms with Gasteiger partial charge in [0, 0.05) is 45.0 Å². The van der Waals surface area contributed by atoms with Gasteiger partial charge in [-0.25, -0.2) is 13.4 Å². The molecular weight excluding hydrogens is 400 g/mol. The number of rotatable bonds is 4. The van der Waals surface area contributed by atoms with Crippen molar-refractivity contribution in [2.45, 2.75) is 45.1 Å². The van der Waals surface area contributed by atoms with Gasteiger partial charge < -0.3 is 14.7 Å². The third-order valence-corrected chi connectivity index (χ3v) is 8.51. The molecular formula is C22H34N4O3S. The maximum Gasteiger partial charge on any atom is 0.255 e. The minimum Gasteiger partial charge on any atom is -0.356 e. The Morgan fingerprint density at radius 3 is 2.57 bits per heavy atom. The molecule has 3 aliphatic rings. The summed E-state index contributed by atoms with van der Waals surface area (Å²) in [6.45, 7) is 7.33. The van der Waals surface area contributed by atoms with E-state index in [1.807, 2.05) is 12.1 Å². The highest BCUT2D eigenvalue weighted by molar-refractivity contribution is 7.91. The molecule has 1 amide bonds. The summed E-state index contributed by atoms with van der Waals surface area (Å²) >= 11 is 0. The molecule has 7 nitrogen and oxygen atoms in total. The first-order chi connectivity index (χ1) is 14.4. The lowest BCUT2D eigenvalue weighted by Crippen LogP contribution is -2.45. The van der Waals surface area contributed by atoms with E-state index >= 15 is 0 Å². The fourth-order valence-corrected chi connectivity index (χ4v) is 6.18. The number of hydrogen-bond acceptors (Lipinski definition) is 6. The van der Waals surface area contributed by atoms with Crippen LogP contribution in [0.4, 0.5) is 5.82 Å². The SMILES string of the molecule is CC1CCCCN1CC1CCCN(c2ccc(C(=O)N3CCS(=O)(=O)CC3)cn2)C1. The molecule has 30 heavy (non-hydrogen) atoms. The van der Waals surface area contributed by atoms with Crippen LogP contribution in [0.2, 0.25) is 0 Å². The first-order valence-corrected chi connectivity index (χ1v) is 13.2. The predicted octanol–water partition coefficient (Wildman–Crippen LogP) is 2.04. The Labute approximate surface area is 180 Å². The topological polar surface area (TPSA) is 73.8 Å². The van der Waals surface area contributed by atoms with Crippen LogP contribution in [0.5, 0.6) is 0 Å². The predicted molar refractivity (Wildman–Crippen MR) is 119 cm³/mol. The van der Waals surface area contributed by atoms with Crippen LogP contribution in [-0.2, 0) is 9.84 Å². The maximum atomic E-state index is 12.7. The van der Waals surface area contributed by atoms with Crippen molar-refractivity contribution in [3.8, 4) is 0 Å². The number of carbonyl (C=O) groups excluding carboxylic acids is 1. The molecule has 0 aromatic carbocycles. The van der Waals surface area contributed by atoms with Crippen molar-refractivity contribution in [3.05, 3.63) is 23.9 Å². The number of sulfone groups is 1. The summed E-state index contributed by atoms with van der Waals surface area (Å²) in [5.41, 5.74) is 0.536. The zero-order valence-electron chi connectivity index (χ0n) is 18.0. The maximum absolute atomic E-state index is 12.7. The molecule has 0 bridgehead atoms. The molecule has 0 radical (unpaired) electrons. The zero-order chi connectivity index (χ0) is 21.1. The number of carbonyl (C=O) groups is 1. The molecule has 1 aromatic heterocycles. The first-order valence-electron chi connectivity index (χ1n) is 11.4. The van der Waals surface area contributed by atoms with E-state index in [2.05, 4.69) is 21.7 Å². The Morgan fingerprint density at radius 1 is 1.07 bits per heavy atom. The van der Waals surface area contributed by atoms with Crippen LogP contribution in [0.15, 0.2) is 18.3 Å². The molecule has 2 atom stereocenters. The van der Waals surface area contributed by atoms with Gasteiger partial charge in [0.15, 0.2) is 9.84 Å². The summed E-state index contributed by atoms with van der Waals surface area (Å²) in [5.74, 6) is 1.57. The molecule has 0 spiro atoms. The number of piperidine rings is 2. The molecule has 3 aliphatic heterocycles. The summed E-state index contributed by atoms with van der Waals surface area (Å²) in [7, 11) is -2.99. The van der Waals surface area contributed by atoms with Crippen molar-refractivity contribution >= 4 is 21.6 Å². The van der Waals surface area contributed by atoms with E-state index in [4.69, 9.17) is 0 Å². The molecule has 4 rings (SSSR count). The van der Waals surface area contributed by atoms with Gasteiger partial charge in [-0.3, -0.25) is 4.79 Å². The second-order valence-electron chi connectivity index (χ2n) is 9.14. The van der Waals surface area contributed by atoms with Crippen LogP contribution in [0.3, 0.4) is 0 Å². The molecule has 3 fully saturated rings. The molecule has 166 valence electrons. The van der Waals surface area contributed by atoms with Crippen molar-refractivity contribution in [3.63, 3.8) is 0 Å². The van der Waals surface area contributed by atoms with Gasteiger partial charge in [-0.05, 0) is 57.2 Å². The van der Waals surface area contributed by atoms with Gasteiger partial charge in [0.05, 0.1) is 17.1 Å². The number of hydrogen-bond donors (Lipinski definition) is 0. The van der Waals surface area contributed by atoms with E-state index < -0.39 is 9.84 Å². The Balaban J connectivity index is 1.34. The first kappa shape index (κ1) is 21.6. The molecule has 3 saturated heterocycles. The Hall–Kier alpha value is -1.67. The average Bonchev–Trinajstić information content (AvgIpc) is 2.75. The molecule has 4 heterocycles. The van der Waals surface area contributed by atoms with E-state index in [0.717, 1.165) is 18.9 Å². The number of amides is 1. The van der Waals surface area contributed by atoms with Gasteiger partial charge in [0.2, 0.25) is 0 Å². The lowest BCUT2D eigenvalue weighted by molar-refractivity contribution is 0.0770. The Kier molecular flexibility index (Phi) is 6.63. The van der Waals surface area contributed by atoms with Gasteiger partial charge in [-0.1, -0.05) is 6.42 Å². The highest BCUT2D eigenvalue weighted by Gasteiger charge is 2.28. The van der Waals surface area contributed by atoms with Gasteiger partial charge in [0.25, 0.3) is 5.91 Å².